The van der Waals surface area contributed by atoms with Crippen LogP contribution in [0.25, 0.3) is 4.85 Å². The summed E-state index contributed by atoms with van der Waals surface area (Å²) in [6.07, 6.45) is 3.08. The van der Waals surface area contributed by atoms with Gasteiger partial charge in [-0.15, -0.1) is 0 Å². The molecule has 1 amide bonds. The number of rotatable bonds is 7. The lowest BCUT2D eigenvalue weighted by molar-refractivity contribution is -0.128. The summed E-state index contributed by atoms with van der Waals surface area (Å²) in [6.45, 7) is 20.3. The van der Waals surface area contributed by atoms with Gasteiger partial charge in [-0.25, -0.2) is 6.57 Å². The fraction of sp³-hybridized carbons (Fsp3) is 0.533. The summed E-state index contributed by atoms with van der Waals surface area (Å²) in [6, 6.07) is 6.89. The molecule has 0 aliphatic carbocycles. The van der Waals surface area contributed by atoms with Crippen LogP contribution >= 0.6 is 38.6 Å². The number of aromatic nitrogens is 2. The molecule has 2 aromatic rings. The van der Waals surface area contributed by atoms with Gasteiger partial charge in [0, 0.05) is 43.5 Å². The first-order chi connectivity index (χ1) is 19.3. The molecule has 1 aromatic heterocycles. The van der Waals surface area contributed by atoms with E-state index in [0.717, 1.165) is 43.0 Å². The van der Waals surface area contributed by atoms with Crippen LogP contribution in [0.2, 0.25) is 0 Å². The van der Waals surface area contributed by atoms with Gasteiger partial charge in [0.05, 0.1) is 17.3 Å². The lowest BCUT2D eigenvalue weighted by atomic mass is 10.0. The van der Waals surface area contributed by atoms with Gasteiger partial charge in [-0.2, -0.15) is 37.0 Å². The lowest BCUT2D eigenvalue weighted by Gasteiger charge is -2.41. The molecular weight excluding hydrogens is 590 g/mol. The average molecular weight is 632 g/mol. The molecule has 9 nitrogen and oxygen atoms in total. The summed E-state index contributed by atoms with van der Waals surface area (Å²) >= 11 is 5.96. The number of hydrogen-bond acceptors (Lipinski definition) is 7. The van der Waals surface area contributed by atoms with E-state index < -0.39 is 0 Å². The quantitative estimate of drug-likeness (QED) is 0.338. The molecule has 42 heavy (non-hydrogen) atoms. The Balaban J connectivity index is 0.00000242. The Kier molecular flexibility index (Phi) is 11.8. The van der Waals surface area contributed by atoms with Crippen molar-refractivity contribution in [1.29, 1.82) is 0 Å². The van der Waals surface area contributed by atoms with Crippen LogP contribution in [-0.2, 0) is 17.8 Å². The molecule has 2 saturated heterocycles. The Morgan fingerprint density at radius 1 is 1.14 bits per heavy atom. The molecule has 0 saturated carbocycles. The number of hydrogen-bond donors (Lipinski definition) is 0. The van der Waals surface area contributed by atoms with Gasteiger partial charge in [-0.05, 0) is 63.9 Å². The zero-order valence-electron chi connectivity index (χ0n) is 24.7. The monoisotopic (exact) mass is 631 g/mol. The third-order valence-corrected chi connectivity index (χ3v) is 8.75. The number of ether oxygens (including phenoxy) is 1. The van der Waals surface area contributed by atoms with Crippen LogP contribution in [0.3, 0.4) is 0 Å². The van der Waals surface area contributed by atoms with Crippen LogP contribution in [0.1, 0.15) is 35.2 Å². The molecule has 1 aromatic carbocycles. The van der Waals surface area contributed by atoms with Gasteiger partial charge in [-0.3, -0.25) is 4.79 Å². The van der Waals surface area contributed by atoms with Gasteiger partial charge in [0.1, 0.15) is 18.5 Å². The maximum atomic E-state index is 12.7. The first kappa shape index (κ1) is 33.8. The van der Waals surface area contributed by atoms with Crippen molar-refractivity contribution in [3.05, 3.63) is 63.6 Å². The number of likely N-dealkylation sites (tertiary alicyclic amines) is 1. The van der Waals surface area contributed by atoms with Crippen LogP contribution in [-0.4, -0.2) is 90.7 Å². The SMILES string of the molecule is S.S.[C-]#[N+]C[C@H]1CN(c2nc(OC[C@@H]3CCCN3C)nc3c2CCN(c2cccc(C)c2C)C3)CCN1C(=O)C(=C)Cl. The van der Waals surface area contributed by atoms with Crippen LogP contribution in [0.15, 0.2) is 29.8 Å². The number of amides is 1. The molecule has 2 atom stereocenters. The molecule has 12 heteroatoms. The second-order valence-electron chi connectivity index (χ2n) is 11.1. The van der Waals surface area contributed by atoms with E-state index in [-0.39, 0.29) is 50.5 Å². The van der Waals surface area contributed by atoms with Gasteiger partial charge < -0.3 is 29.2 Å². The van der Waals surface area contributed by atoms with Crippen molar-refractivity contribution in [1.82, 2.24) is 19.8 Å². The first-order valence-corrected chi connectivity index (χ1v) is 14.4. The maximum Gasteiger partial charge on any atom is 0.318 e. The molecule has 0 bridgehead atoms. The maximum absolute atomic E-state index is 12.7. The standard InChI is InChI=1S/C30H38ClN7O2.2H2S/c1-20-8-6-10-27(21(20)2)36-13-11-25-26(18-36)33-30(40-19-23-9-7-12-35(23)5)34-28(25)37-14-15-38(29(39)22(3)31)24(17-37)16-32-4;;/h6,8,10,23-24H,3,7,9,11-19H2,1-2,5H3;2*1H2/t23-,24-;;/m0../s1. The molecule has 0 spiro atoms. The van der Waals surface area contributed by atoms with Crippen molar-refractivity contribution in [2.75, 3.05) is 62.7 Å². The number of halogens is 1. The van der Waals surface area contributed by atoms with E-state index in [1.807, 2.05) is 0 Å². The van der Waals surface area contributed by atoms with Crippen molar-refractivity contribution in [3.8, 4) is 6.01 Å². The number of nitrogens with zero attached hydrogens (tertiary/aromatic N) is 7. The molecule has 0 N–H and O–H groups in total. The Labute approximate surface area is 268 Å². The molecule has 3 aliphatic heterocycles. The van der Waals surface area contributed by atoms with Gasteiger partial charge >= 0.3 is 6.01 Å². The van der Waals surface area contributed by atoms with Gasteiger partial charge in [0.2, 0.25) is 6.54 Å². The molecule has 5 rings (SSSR count). The fourth-order valence-electron chi connectivity index (χ4n) is 6.09. The predicted octanol–water partition coefficient (Wildman–Crippen LogP) is 4.04. The lowest BCUT2D eigenvalue weighted by Crippen LogP contribution is -2.57. The van der Waals surface area contributed by atoms with Gasteiger partial charge in [0.25, 0.3) is 5.91 Å². The normalized spacial score (nSPS) is 20.2. The van der Waals surface area contributed by atoms with E-state index >= 15 is 0 Å². The molecule has 4 heterocycles. The van der Waals surface area contributed by atoms with Gasteiger partial charge in [-0.1, -0.05) is 30.3 Å². The minimum atomic E-state index is -0.312. The van der Waals surface area contributed by atoms with Crippen LogP contribution in [0.4, 0.5) is 11.5 Å². The average Bonchev–Trinajstić information content (AvgIpc) is 3.36. The minimum Gasteiger partial charge on any atom is -0.462 e. The zero-order valence-corrected chi connectivity index (χ0v) is 27.5. The number of benzene rings is 1. The van der Waals surface area contributed by atoms with Crippen molar-refractivity contribution in [2.24, 2.45) is 0 Å². The van der Waals surface area contributed by atoms with Gasteiger partial charge in [0.15, 0.2) is 0 Å². The zero-order chi connectivity index (χ0) is 28.4. The molecule has 0 unspecified atom stereocenters. The summed E-state index contributed by atoms with van der Waals surface area (Å²) in [7, 11) is 2.13. The minimum absolute atomic E-state index is 0. The highest BCUT2D eigenvalue weighted by Gasteiger charge is 2.36. The molecule has 228 valence electrons. The molecular formula is C30H42ClN7O2S2. The second-order valence-corrected chi connectivity index (χ2v) is 11.5. The number of carbonyl (C=O) groups excluding carboxylic acids is 1. The number of anilines is 2. The van der Waals surface area contributed by atoms with Crippen LogP contribution in [0, 0.1) is 20.4 Å². The fourth-order valence-corrected chi connectivity index (χ4v) is 6.20. The van der Waals surface area contributed by atoms with Crippen molar-refractivity contribution in [3.63, 3.8) is 0 Å². The summed E-state index contributed by atoms with van der Waals surface area (Å²) in [5.74, 6) is 0.542. The number of piperazine rings is 1. The van der Waals surface area contributed by atoms with Crippen molar-refractivity contribution in [2.45, 2.75) is 51.7 Å². The highest BCUT2D eigenvalue weighted by atomic mass is 35.5. The molecule has 3 aliphatic rings. The van der Waals surface area contributed by atoms with Crippen molar-refractivity contribution >= 4 is 56.0 Å². The van der Waals surface area contributed by atoms with E-state index in [4.69, 9.17) is 32.9 Å². The van der Waals surface area contributed by atoms with E-state index in [1.54, 1.807) is 4.90 Å². The van der Waals surface area contributed by atoms with E-state index in [9.17, 15) is 4.79 Å². The molecule has 2 fully saturated rings. The number of fused-ring (bicyclic) bond motifs is 1. The number of carbonyl (C=O) groups is 1. The second kappa shape index (κ2) is 14.7. The summed E-state index contributed by atoms with van der Waals surface area (Å²) < 4.78 is 6.26. The number of likely N-dealkylation sites (N-methyl/N-ethyl adjacent to an activating group) is 1. The van der Waals surface area contributed by atoms with E-state index in [1.165, 1.54) is 23.2 Å². The predicted molar refractivity (Wildman–Crippen MR) is 179 cm³/mol. The third kappa shape index (κ3) is 7.10. The van der Waals surface area contributed by atoms with E-state index in [2.05, 4.69) is 65.2 Å². The largest absolute Gasteiger partial charge is 0.462 e. The topological polar surface area (TPSA) is 69.4 Å². The number of aryl methyl sites for hydroxylation is 1. The van der Waals surface area contributed by atoms with Crippen molar-refractivity contribution < 1.29 is 9.53 Å². The van der Waals surface area contributed by atoms with Crippen LogP contribution < -0.4 is 14.5 Å². The van der Waals surface area contributed by atoms with E-state index in [0.29, 0.717) is 44.8 Å². The summed E-state index contributed by atoms with van der Waals surface area (Å²) in [5, 5.41) is -0.0260. The van der Waals surface area contributed by atoms with Crippen LogP contribution in [0.5, 0.6) is 6.01 Å². The Hall–Kier alpha value is -2.65. The Morgan fingerprint density at radius 2 is 1.93 bits per heavy atom. The molecule has 0 radical (unpaired) electrons. The third-order valence-electron chi connectivity index (χ3n) is 8.59. The highest BCUT2D eigenvalue weighted by Crippen LogP contribution is 2.34. The smallest absolute Gasteiger partial charge is 0.318 e. The Morgan fingerprint density at radius 3 is 2.62 bits per heavy atom. The Bertz CT molecular complexity index is 1340. The summed E-state index contributed by atoms with van der Waals surface area (Å²) in [5.41, 5.74) is 5.88. The first-order valence-electron chi connectivity index (χ1n) is 14.0. The highest BCUT2D eigenvalue weighted by molar-refractivity contribution is 7.59. The summed E-state index contributed by atoms with van der Waals surface area (Å²) in [4.78, 5) is 34.8.